The Kier molecular flexibility index (Phi) is 3.63. The molecular formula is C18H21N5O. The van der Waals surface area contributed by atoms with E-state index in [1.807, 2.05) is 52.8 Å². The van der Waals surface area contributed by atoms with Gasteiger partial charge in [-0.05, 0) is 45.7 Å². The number of aromatic nitrogens is 4. The number of nitrogens with two attached hydrogens (primary N) is 1. The molecule has 0 radical (unpaired) electrons. The zero-order chi connectivity index (χ0) is 17.6. The van der Waals surface area contributed by atoms with E-state index >= 15 is 0 Å². The highest BCUT2D eigenvalue weighted by Crippen LogP contribution is 2.28. The van der Waals surface area contributed by atoms with Crippen LogP contribution in [0.2, 0.25) is 0 Å². The molecule has 0 bridgehead atoms. The SMILES string of the molecule is Cc1cccc(C(=O)c2nn(C(C)(C)C)c3ncnc(N)c23)c1C. The van der Waals surface area contributed by atoms with Gasteiger partial charge in [0.1, 0.15) is 17.8 Å². The minimum Gasteiger partial charge on any atom is -0.383 e. The van der Waals surface area contributed by atoms with Gasteiger partial charge in [-0.3, -0.25) is 4.79 Å². The van der Waals surface area contributed by atoms with Gasteiger partial charge in [-0.1, -0.05) is 18.2 Å². The Labute approximate surface area is 140 Å². The number of hydrogen-bond acceptors (Lipinski definition) is 5. The molecule has 3 rings (SSSR count). The number of anilines is 1. The van der Waals surface area contributed by atoms with Gasteiger partial charge < -0.3 is 5.73 Å². The van der Waals surface area contributed by atoms with Crippen LogP contribution in [0.3, 0.4) is 0 Å². The maximum Gasteiger partial charge on any atom is 0.214 e. The lowest BCUT2D eigenvalue weighted by Crippen LogP contribution is -2.24. The molecule has 0 aliphatic carbocycles. The highest BCUT2D eigenvalue weighted by Gasteiger charge is 2.27. The smallest absolute Gasteiger partial charge is 0.214 e. The number of rotatable bonds is 2. The Morgan fingerprint density at radius 2 is 1.88 bits per heavy atom. The van der Waals surface area contributed by atoms with E-state index < -0.39 is 0 Å². The van der Waals surface area contributed by atoms with Crippen molar-refractivity contribution < 1.29 is 4.79 Å². The zero-order valence-electron chi connectivity index (χ0n) is 14.6. The normalized spacial score (nSPS) is 11.9. The van der Waals surface area contributed by atoms with Crippen molar-refractivity contribution in [3.8, 4) is 0 Å². The van der Waals surface area contributed by atoms with Crippen molar-refractivity contribution in [2.75, 3.05) is 5.73 Å². The first-order valence-electron chi connectivity index (χ1n) is 7.82. The molecule has 6 nitrogen and oxygen atoms in total. The largest absolute Gasteiger partial charge is 0.383 e. The Morgan fingerprint density at radius 1 is 1.17 bits per heavy atom. The van der Waals surface area contributed by atoms with Crippen LogP contribution in [0.5, 0.6) is 0 Å². The van der Waals surface area contributed by atoms with Crippen molar-refractivity contribution >= 4 is 22.6 Å². The fraction of sp³-hybridized carbons (Fsp3) is 0.333. The molecule has 0 atom stereocenters. The van der Waals surface area contributed by atoms with Crippen LogP contribution in [0, 0.1) is 13.8 Å². The van der Waals surface area contributed by atoms with E-state index in [0.717, 1.165) is 11.1 Å². The second-order valence-corrected chi connectivity index (χ2v) is 6.97. The quantitative estimate of drug-likeness (QED) is 0.733. The van der Waals surface area contributed by atoms with Crippen LogP contribution in [-0.2, 0) is 5.54 Å². The molecule has 24 heavy (non-hydrogen) atoms. The van der Waals surface area contributed by atoms with Gasteiger partial charge in [-0.25, -0.2) is 14.6 Å². The number of aryl methyl sites for hydroxylation is 1. The first-order chi connectivity index (χ1) is 11.2. The molecule has 2 N–H and O–H groups in total. The van der Waals surface area contributed by atoms with E-state index in [-0.39, 0.29) is 17.1 Å². The Morgan fingerprint density at radius 3 is 2.54 bits per heavy atom. The van der Waals surface area contributed by atoms with E-state index in [1.54, 1.807) is 4.68 Å². The molecule has 0 aliphatic rings. The van der Waals surface area contributed by atoms with Gasteiger partial charge in [-0.15, -0.1) is 0 Å². The first kappa shape index (κ1) is 16.1. The van der Waals surface area contributed by atoms with Gasteiger partial charge >= 0.3 is 0 Å². The fourth-order valence-corrected chi connectivity index (χ4v) is 2.73. The molecule has 0 saturated heterocycles. The lowest BCUT2D eigenvalue weighted by molar-refractivity contribution is 0.103. The highest BCUT2D eigenvalue weighted by molar-refractivity contribution is 6.17. The number of ketones is 1. The number of benzene rings is 1. The topological polar surface area (TPSA) is 86.7 Å². The molecule has 0 amide bonds. The average molecular weight is 323 g/mol. The van der Waals surface area contributed by atoms with E-state index in [2.05, 4.69) is 15.1 Å². The first-order valence-corrected chi connectivity index (χ1v) is 7.82. The number of nitrogens with zero attached hydrogens (tertiary/aromatic N) is 4. The molecule has 0 spiro atoms. The minimum atomic E-state index is -0.334. The maximum atomic E-state index is 13.1. The van der Waals surface area contributed by atoms with Crippen molar-refractivity contribution in [1.29, 1.82) is 0 Å². The molecule has 1 aromatic carbocycles. The molecule has 0 aliphatic heterocycles. The molecule has 2 aromatic heterocycles. The van der Waals surface area contributed by atoms with Crippen molar-refractivity contribution in [3.63, 3.8) is 0 Å². The van der Waals surface area contributed by atoms with Gasteiger partial charge in [0, 0.05) is 5.56 Å². The second kappa shape index (κ2) is 5.40. The number of fused-ring (bicyclic) bond motifs is 1. The van der Waals surface area contributed by atoms with E-state index in [4.69, 9.17) is 5.73 Å². The Balaban J connectivity index is 2.31. The van der Waals surface area contributed by atoms with Crippen molar-refractivity contribution in [3.05, 3.63) is 46.9 Å². The minimum absolute atomic E-state index is 0.161. The number of carbonyl (C=O) groups excluding carboxylic acids is 1. The van der Waals surface area contributed by atoms with E-state index in [1.165, 1.54) is 6.33 Å². The summed E-state index contributed by atoms with van der Waals surface area (Å²) in [4.78, 5) is 21.5. The van der Waals surface area contributed by atoms with Gasteiger partial charge in [-0.2, -0.15) is 5.10 Å². The Bertz CT molecular complexity index is 950. The van der Waals surface area contributed by atoms with Crippen LogP contribution in [-0.4, -0.2) is 25.5 Å². The lowest BCUT2D eigenvalue weighted by Gasteiger charge is -2.19. The van der Waals surface area contributed by atoms with Gasteiger partial charge in [0.25, 0.3) is 0 Å². The van der Waals surface area contributed by atoms with Crippen LogP contribution in [0.4, 0.5) is 5.82 Å². The number of hydrogen-bond donors (Lipinski definition) is 1. The van der Waals surface area contributed by atoms with Crippen molar-refractivity contribution in [1.82, 2.24) is 19.7 Å². The van der Waals surface area contributed by atoms with Crippen LogP contribution in [0.15, 0.2) is 24.5 Å². The summed E-state index contributed by atoms with van der Waals surface area (Å²) in [5.74, 6) is 0.106. The molecule has 124 valence electrons. The van der Waals surface area contributed by atoms with Crippen LogP contribution >= 0.6 is 0 Å². The molecule has 2 heterocycles. The van der Waals surface area contributed by atoms with Gasteiger partial charge in [0.2, 0.25) is 5.78 Å². The summed E-state index contributed by atoms with van der Waals surface area (Å²) in [6.45, 7) is 9.93. The summed E-state index contributed by atoms with van der Waals surface area (Å²) in [7, 11) is 0. The van der Waals surface area contributed by atoms with Gasteiger partial charge in [0.05, 0.1) is 10.9 Å². The Hall–Kier alpha value is -2.76. The molecule has 0 unspecified atom stereocenters. The maximum absolute atomic E-state index is 13.1. The third kappa shape index (κ3) is 2.44. The van der Waals surface area contributed by atoms with Crippen molar-refractivity contribution in [2.24, 2.45) is 0 Å². The molecular weight excluding hydrogens is 302 g/mol. The molecule has 6 heteroatoms. The number of nitrogen functional groups attached to an aromatic ring is 1. The zero-order valence-corrected chi connectivity index (χ0v) is 14.6. The third-order valence-electron chi connectivity index (χ3n) is 4.19. The van der Waals surface area contributed by atoms with Crippen LogP contribution in [0.25, 0.3) is 11.0 Å². The summed E-state index contributed by atoms with van der Waals surface area (Å²) < 4.78 is 1.73. The predicted octanol–water partition coefficient (Wildman–Crippen LogP) is 3.01. The molecule has 0 fully saturated rings. The monoisotopic (exact) mass is 323 g/mol. The second-order valence-electron chi connectivity index (χ2n) is 6.97. The fourth-order valence-electron chi connectivity index (χ4n) is 2.73. The number of carbonyl (C=O) groups is 1. The summed E-state index contributed by atoms with van der Waals surface area (Å²) in [6.07, 6.45) is 1.40. The summed E-state index contributed by atoms with van der Waals surface area (Å²) in [6, 6.07) is 5.67. The van der Waals surface area contributed by atoms with E-state index in [0.29, 0.717) is 22.3 Å². The molecule has 0 saturated carbocycles. The summed E-state index contributed by atoms with van der Waals surface area (Å²) >= 11 is 0. The standard InChI is InChI=1S/C18H21N5O/c1-10-7-6-8-12(11(10)2)15(24)14-13-16(19)20-9-21-17(13)23(22-14)18(3,4)5/h6-9H,1-5H3,(H2,19,20,21). The molecule has 3 aromatic rings. The third-order valence-corrected chi connectivity index (χ3v) is 4.19. The van der Waals surface area contributed by atoms with Crippen LogP contribution < -0.4 is 5.73 Å². The summed E-state index contributed by atoms with van der Waals surface area (Å²) in [5.41, 5.74) is 9.20. The van der Waals surface area contributed by atoms with E-state index in [9.17, 15) is 4.79 Å². The highest BCUT2D eigenvalue weighted by atomic mass is 16.1. The van der Waals surface area contributed by atoms with Crippen molar-refractivity contribution in [2.45, 2.75) is 40.2 Å². The average Bonchev–Trinajstić information content (AvgIpc) is 2.90. The predicted molar refractivity (Wildman–Crippen MR) is 94.1 cm³/mol. The van der Waals surface area contributed by atoms with Gasteiger partial charge in [0.15, 0.2) is 5.65 Å². The summed E-state index contributed by atoms with van der Waals surface area (Å²) in [5, 5.41) is 5.07. The lowest BCUT2D eigenvalue weighted by atomic mass is 9.98. The van der Waals surface area contributed by atoms with Crippen LogP contribution in [0.1, 0.15) is 48.0 Å².